The molecule has 13 heavy (non-hydrogen) atoms. The molecule has 0 saturated heterocycles. The van der Waals surface area contributed by atoms with Gasteiger partial charge in [-0.1, -0.05) is 5.16 Å². The lowest BCUT2D eigenvalue weighted by molar-refractivity contribution is 0.00196. The number of oxime groups is 1. The van der Waals surface area contributed by atoms with Crippen LogP contribution in [0.2, 0.25) is 0 Å². The minimum atomic E-state index is -0.260. The number of hydrogen-bond acceptors (Lipinski definition) is 4. The summed E-state index contributed by atoms with van der Waals surface area (Å²) in [5.41, 5.74) is 0.475. The molecule has 1 aromatic heterocycles. The molecule has 0 atom stereocenters. The van der Waals surface area contributed by atoms with Gasteiger partial charge in [0, 0.05) is 6.20 Å². The molecule has 0 saturated carbocycles. The molecule has 1 rings (SSSR count). The highest BCUT2D eigenvalue weighted by Gasteiger charge is 2.09. The van der Waals surface area contributed by atoms with Gasteiger partial charge in [0.05, 0.1) is 11.9 Å². The minimum Gasteiger partial charge on any atom is -0.390 e. The normalized spacial score (nSPS) is 11.9. The Bertz CT molecular complexity index is 277. The van der Waals surface area contributed by atoms with Crippen LogP contribution in [0.4, 0.5) is 0 Å². The third-order valence-electron chi connectivity index (χ3n) is 1.12. The van der Waals surface area contributed by atoms with E-state index in [4.69, 9.17) is 4.84 Å². The summed E-state index contributed by atoms with van der Waals surface area (Å²) in [7, 11) is 0. The molecule has 0 radical (unpaired) electrons. The molecule has 0 aliphatic heterocycles. The average molecular weight is 179 g/mol. The van der Waals surface area contributed by atoms with Gasteiger partial charge in [-0.3, -0.25) is 0 Å². The fraction of sp³-hybridized carbons (Fsp3) is 0.444. The lowest BCUT2D eigenvalue weighted by Gasteiger charge is -2.14. The summed E-state index contributed by atoms with van der Waals surface area (Å²) in [6.45, 7) is 5.80. The second-order valence-electron chi connectivity index (χ2n) is 3.57. The number of hydrogen-bond donors (Lipinski definition) is 0. The maximum absolute atomic E-state index is 5.14. The summed E-state index contributed by atoms with van der Waals surface area (Å²) in [6, 6.07) is 1.76. The Kier molecular flexibility index (Phi) is 2.95. The summed E-state index contributed by atoms with van der Waals surface area (Å²) in [6.07, 6.45) is 4.69. The molecule has 0 N–H and O–H groups in total. The highest BCUT2D eigenvalue weighted by molar-refractivity contribution is 5.75. The molecule has 0 spiro atoms. The Balaban J connectivity index is 2.51. The smallest absolute Gasteiger partial charge is 0.129 e. The SMILES string of the molecule is CC(C)(C)O/N=C\c1ccncn1. The molecule has 1 heterocycles. The van der Waals surface area contributed by atoms with Crippen LogP contribution >= 0.6 is 0 Å². The molecule has 0 amide bonds. The maximum Gasteiger partial charge on any atom is 0.129 e. The van der Waals surface area contributed by atoms with Gasteiger partial charge in [0.15, 0.2) is 0 Å². The first-order chi connectivity index (χ1) is 6.08. The highest BCUT2D eigenvalue weighted by Crippen LogP contribution is 2.06. The lowest BCUT2D eigenvalue weighted by Crippen LogP contribution is -2.15. The average Bonchev–Trinajstić information content (AvgIpc) is 2.04. The lowest BCUT2D eigenvalue weighted by atomic mass is 10.2. The zero-order valence-corrected chi connectivity index (χ0v) is 8.06. The summed E-state index contributed by atoms with van der Waals surface area (Å²) in [5, 5.41) is 3.80. The maximum atomic E-state index is 5.14. The third kappa shape index (κ3) is 4.20. The first-order valence-electron chi connectivity index (χ1n) is 4.05. The van der Waals surface area contributed by atoms with Crippen molar-refractivity contribution >= 4 is 6.21 Å². The number of aromatic nitrogens is 2. The van der Waals surface area contributed by atoms with E-state index in [0.717, 1.165) is 5.69 Å². The third-order valence-corrected chi connectivity index (χ3v) is 1.12. The Labute approximate surface area is 77.7 Å². The van der Waals surface area contributed by atoms with Crippen LogP contribution in [0.5, 0.6) is 0 Å². The first kappa shape index (κ1) is 9.64. The molecule has 0 aliphatic carbocycles. The van der Waals surface area contributed by atoms with Crippen LogP contribution in [-0.4, -0.2) is 21.8 Å². The van der Waals surface area contributed by atoms with Gasteiger partial charge in [-0.05, 0) is 26.8 Å². The van der Waals surface area contributed by atoms with Crippen molar-refractivity contribution in [1.82, 2.24) is 9.97 Å². The van der Waals surface area contributed by atoms with E-state index in [1.807, 2.05) is 20.8 Å². The number of nitrogens with zero attached hydrogens (tertiary/aromatic N) is 3. The van der Waals surface area contributed by atoms with E-state index < -0.39 is 0 Å². The van der Waals surface area contributed by atoms with E-state index in [9.17, 15) is 0 Å². The van der Waals surface area contributed by atoms with Crippen LogP contribution < -0.4 is 0 Å². The minimum absolute atomic E-state index is 0.260. The highest BCUT2D eigenvalue weighted by atomic mass is 16.6. The molecule has 0 unspecified atom stereocenters. The Morgan fingerprint density at radius 2 is 2.23 bits per heavy atom. The van der Waals surface area contributed by atoms with Gasteiger partial charge in [-0.25, -0.2) is 9.97 Å². The van der Waals surface area contributed by atoms with E-state index in [2.05, 4.69) is 15.1 Å². The molecule has 0 bridgehead atoms. The van der Waals surface area contributed by atoms with Crippen molar-refractivity contribution in [2.75, 3.05) is 0 Å². The van der Waals surface area contributed by atoms with E-state index in [1.54, 1.807) is 18.5 Å². The first-order valence-corrected chi connectivity index (χ1v) is 4.05. The van der Waals surface area contributed by atoms with Crippen molar-refractivity contribution in [3.05, 3.63) is 24.3 Å². The van der Waals surface area contributed by atoms with Crippen LogP contribution in [-0.2, 0) is 4.84 Å². The standard InChI is InChI=1S/C9H13N3O/c1-9(2,3)13-12-6-8-4-5-10-7-11-8/h4-7H,1-3H3/b12-6-. The van der Waals surface area contributed by atoms with Crippen molar-refractivity contribution in [3.63, 3.8) is 0 Å². The van der Waals surface area contributed by atoms with Crippen molar-refractivity contribution in [3.8, 4) is 0 Å². The van der Waals surface area contributed by atoms with Crippen LogP contribution in [0, 0.1) is 0 Å². The van der Waals surface area contributed by atoms with E-state index in [-0.39, 0.29) is 5.60 Å². The van der Waals surface area contributed by atoms with Crippen molar-refractivity contribution in [2.45, 2.75) is 26.4 Å². The van der Waals surface area contributed by atoms with Crippen LogP contribution in [0.3, 0.4) is 0 Å². The van der Waals surface area contributed by atoms with E-state index in [0.29, 0.717) is 0 Å². The van der Waals surface area contributed by atoms with Gasteiger partial charge in [-0.2, -0.15) is 0 Å². The van der Waals surface area contributed by atoms with E-state index in [1.165, 1.54) is 6.33 Å². The van der Waals surface area contributed by atoms with Crippen LogP contribution in [0.15, 0.2) is 23.7 Å². The molecule has 0 fully saturated rings. The summed E-state index contributed by atoms with van der Waals surface area (Å²) in [4.78, 5) is 12.9. The zero-order valence-electron chi connectivity index (χ0n) is 8.06. The largest absolute Gasteiger partial charge is 0.390 e. The van der Waals surface area contributed by atoms with Crippen molar-refractivity contribution < 1.29 is 4.84 Å². The monoisotopic (exact) mass is 179 g/mol. The van der Waals surface area contributed by atoms with Gasteiger partial charge in [-0.15, -0.1) is 0 Å². The van der Waals surface area contributed by atoms with Gasteiger partial charge < -0.3 is 4.84 Å². The summed E-state index contributed by atoms with van der Waals surface area (Å²) >= 11 is 0. The molecule has 0 aromatic carbocycles. The molecule has 4 heteroatoms. The predicted octanol–water partition coefficient (Wildman–Crippen LogP) is 1.63. The number of rotatable bonds is 2. The van der Waals surface area contributed by atoms with Crippen molar-refractivity contribution in [1.29, 1.82) is 0 Å². The molecule has 0 aliphatic rings. The molecular formula is C9H13N3O. The second-order valence-corrected chi connectivity index (χ2v) is 3.57. The Hall–Kier alpha value is -1.45. The Morgan fingerprint density at radius 1 is 1.46 bits per heavy atom. The summed E-state index contributed by atoms with van der Waals surface area (Å²) < 4.78 is 0. The topological polar surface area (TPSA) is 47.4 Å². The van der Waals surface area contributed by atoms with Gasteiger partial charge in [0.25, 0.3) is 0 Å². The summed E-state index contributed by atoms with van der Waals surface area (Å²) in [5.74, 6) is 0. The van der Waals surface area contributed by atoms with Crippen LogP contribution in [0.25, 0.3) is 0 Å². The zero-order chi connectivity index (χ0) is 9.73. The fourth-order valence-corrected chi connectivity index (χ4v) is 0.616. The quantitative estimate of drug-likeness (QED) is 0.512. The van der Waals surface area contributed by atoms with Gasteiger partial charge >= 0.3 is 0 Å². The molecule has 4 nitrogen and oxygen atoms in total. The van der Waals surface area contributed by atoms with Crippen LogP contribution in [0.1, 0.15) is 26.5 Å². The molecular weight excluding hydrogens is 166 g/mol. The van der Waals surface area contributed by atoms with Gasteiger partial charge in [0.2, 0.25) is 0 Å². The fourth-order valence-electron chi connectivity index (χ4n) is 0.616. The molecule has 1 aromatic rings. The predicted molar refractivity (Wildman–Crippen MR) is 50.5 cm³/mol. The Morgan fingerprint density at radius 3 is 2.77 bits per heavy atom. The van der Waals surface area contributed by atoms with Crippen molar-refractivity contribution in [2.24, 2.45) is 5.16 Å². The van der Waals surface area contributed by atoms with Gasteiger partial charge in [0.1, 0.15) is 11.9 Å². The second kappa shape index (κ2) is 3.98. The molecule has 70 valence electrons. The van der Waals surface area contributed by atoms with E-state index >= 15 is 0 Å².